The third kappa shape index (κ3) is 41.7. The van der Waals surface area contributed by atoms with Crippen molar-refractivity contribution in [2.24, 2.45) is 40.3 Å². The Kier molecular flexibility index (Phi) is 50.7. The van der Waals surface area contributed by atoms with Gasteiger partial charge in [-0.25, -0.2) is 4.68 Å². The number of carboxylic acid groups (broad SMARTS) is 5. The number of rotatable bonds is 67. The number of carbonyl (C=O) groups is 20. The lowest BCUT2D eigenvalue weighted by Crippen LogP contribution is -2.61. The van der Waals surface area contributed by atoms with Gasteiger partial charge in [0, 0.05) is 50.3 Å². The zero-order chi connectivity index (χ0) is 101. The first kappa shape index (κ1) is 114. The Balaban J connectivity index is 1.70. The highest BCUT2D eigenvalue weighted by atomic mass is 16.4. The number of fused-ring (bicyclic) bond motifs is 1. The highest BCUT2D eigenvalue weighted by molar-refractivity contribution is 6.01. The predicted molar refractivity (Wildman–Crippen MR) is 486 cm³/mol. The predicted octanol–water partition coefficient (Wildman–Crippen LogP) is -4.93. The summed E-state index contributed by atoms with van der Waals surface area (Å²) in [4.78, 5) is 272. The smallest absolute Gasteiger partial charge is 0.303 e. The fourth-order valence-electron chi connectivity index (χ4n) is 13.8. The van der Waals surface area contributed by atoms with Crippen LogP contribution in [0.1, 0.15) is 187 Å². The van der Waals surface area contributed by atoms with Crippen LogP contribution in [0.3, 0.4) is 0 Å². The van der Waals surface area contributed by atoms with Crippen molar-refractivity contribution in [3.8, 4) is 11.4 Å². The monoisotopic (exact) mass is 1910 g/mol. The second kappa shape index (κ2) is 60.3. The van der Waals surface area contributed by atoms with Gasteiger partial charge in [0.05, 0.1) is 30.2 Å². The van der Waals surface area contributed by atoms with E-state index in [-0.39, 0.29) is 81.6 Å². The number of carbonyl (C=O) groups excluding carboxylic acids is 15. The zero-order valence-corrected chi connectivity index (χ0v) is 76.5. The molecule has 0 aliphatic carbocycles. The summed E-state index contributed by atoms with van der Waals surface area (Å²) in [6.45, 7) is 5.33. The normalized spacial score (nSPS) is 14.4. The van der Waals surface area contributed by atoms with Crippen LogP contribution in [0, 0.1) is 5.92 Å². The number of nitrogens with two attached hydrogens (primary N) is 6. The number of benzene rings is 3. The highest BCUT2D eigenvalue weighted by Crippen LogP contribution is 2.23. The number of carboxylic acids is 5. The maximum absolute atomic E-state index is 15.1. The number of primary amides is 1. The number of aromatic hydroxyl groups is 1. The Morgan fingerprint density at radius 2 is 0.713 bits per heavy atom. The summed E-state index contributed by atoms with van der Waals surface area (Å²) in [6.07, 6.45) is -3.83. The molecule has 136 heavy (non-hydrogen) atoms. The molecule has 3 aromatic carbocycles. The Labute approximate surface area is 783 Å². The number of nitrogens with zero attached hydrogens (tertiary/aromatic N) is 3. The van der Waals surface area contributed by atoms with Crippen molar-refractivity contribution >= 4 is 129 Å². The topological polar surface area (TPSA) is 818 Å². The highest BCUT2D eigenvalue weighted by Gasteiger charge is 2.39. The van der Waals surface area contributed by atoms with Gasteiger partial charge in [0.2, 0.25) is 88.6 Å². The number of nitrogens with one attached hydrogen (secondary N) is 14. The minimum atomic E-state index is -1.93. The number of hydrogen-bond donors (Lipinski definition) is 26. The van der Waals surface area contributed by atoms with Gasteiger partial charge in [-0.05, 0) is 184 Å². The summed E-state index contributed by atoms with van der Waals surface area (Å²) in [6, 6.07) is -4.96. The second-order valence-electron chi connectivity index (χ2n) is 32.8. The largest absolute Gasteiger partial charge is 0.508 e. The third-order valence-corrected chi connectivity index (χ3v) is 21.8. The van der Waals surface area contributed by atoms with Crippen LogP contribution in [0.4, 0.5) is 0 Å². The summed E-state index contributed by atoms with van der Waals surface area (Å²) < 4.78 is 1.35. The van der Waals surface area contributed by atoms with Crippen LogP contribution < -0.4 is 109 Å². The van der Waals surface area contributed by atoms with Crippen molar-refractivity contribution in [3.63, 3.8) is 0 Å². The van der Waals surface area contributed by atoms with Crippen LogP contribution in [-0.2, 0) is 109 Å². The molecule has 49 heteroatoms. The van der Waals surface area contributed by atoms with E-state index in [1.165, 1.54) is 55.9 Å². The van der Waals surface area contributed by atoms with Gasteiger partial charge in [0.25, 0.3) is 0 Å². The number of phenolic OH excluding ortho intramolecular Hbond substituents is 1. The standard InChI is InChI=1S/C87H131N23O26/c1-5-47(2)73(107-85(134)63(33-38-72(121)122)103-84(133)62(32-37-71(119)120)102-83(132)61(31-36-70(117)118)98-75(124)48(3)92)87(136)106-64(43-50-25-27-53(111)28-26-50)77(126)94-45-67(112)96-59(29-34-68(113)114)82(131)105-65(44-52-46-110(109-108-52)66-24-16-18-51-17-6-7-19-54(51)66)86(135)104-60(30-35-69(115)116)78(127)95-49(4)76(125)99-56(21-9-13-40-89)80(129)101-58(23-11-15-42-91)81(130)100-57(22-10-14-41-90)79(128)97-55(74(93)123)20-8-12-39-88/h6-7,16-19,24-28,46-49,55-65,73,111H,5,8-15,20-23,29-45,88-92H2,1-4H3,(H2,93,123)(H,94,126)(H,95,127)(H,96,112)(H,97,128)(H,98,124)(H,99,125)(H,100,130)(H,101,129)(H,102,132)(H,103,133)(H,104,135)(H,105,131)(H,106,136)(H,107,134)(H,113,114)(H,115,116)(H,117,118)(H,119,120)(H,121,122)/t47-,48-,49-,55-,56-,57-,58-,59-,60-,61-,62-,63-,64-,65-,73-/m0/s1. The van der Waals surface area contributed by atoms with Crippen LogP contribution in [-0.4, -0.2) is 281 Å². The van der Waals surface area contributed by atoms with Crippen LogP contribution in [0.25, 0.3) is 16.5 Å². The van der Waals surface area contributed by atoms with Crippen molar-refractivity contribution < 1.29 is 127 Å². The molecule has 0 aliphatic heterocycles. The summed E-state index contributed by atoms with van der Waals surface area (Å²) >= 11 is 0. The lowest BCUT2D eigenvalue weighted by molar-refractivity contribution is -0.140. The summed E-state index contributed by atoms with van der Waals surface area (Å²) in [5, 5.41) is 103. The quantitative estimate of drug-likeness (QED) is 0.0184. The van der Waals surface area contributed by atoms with Crippen molar-refractivity contribution in [2.75, 3.05) is 32.7 Å². The molecule has 0 saturated carbocycles. The maximum atomic E-state index is 15.1. The van der Waals surface area contributed by atoms with Gasteiger partial charge in [0.1, 0.15) is 84.3 Å². The van der Waals surface area contributed by atoms with E-state index in [0.29, 0.717) is 56.1 Å². The first-order valence-corrected chi connectivity index (χ1v) is 44.9. The van der Waals surface area contributed by atoms with Crippen LogP contribution >= 0.6 is 0 Å². The molecule has 4 aromatic rings. The molecular weight excluding hydrogens is 1780 g/mol. The lowest BCUT2D eigenvalue weighted by atomic mass is 9.96. The molecule has 32 N–H and O–H groups in total. The third-order valence-electron chi connectivity index (χ3n) is 21.8. The number of phenols is 1. The van der Waals surface area contributed by atoms with Crippen molar-refractivity contribution in [1.82, 2.24) is 89.4 Å². The van der Waals surface area contributed by atoms with Crippen LogP contribution in [0.2, 0.25) is 0 Å². The SMILES string of the molecule is CC[C@H](C)[C@H](NC(=O)[C@H](CCC(=O)O)NC(=O)[C@H](CCC(=O)O)NC(=O)[C@H](CCC(=O)O)NC(=O)[C@H](C)N)C(=O)N[C@@H](Cc1ccc(O)cc1)C(=O)NCC(=O)N[C@@H](CCC(=O)O)C(=O)N[C@@H](Cc1cn(-c2cccc3ccccc23)nn1)C(=O)N[C@@H](CCC(=O)O)C(=O)N[C@@H](C)C(=O)N[C@@H](CCCCN)C(=O)N[C@@H](CCCCN)C(=O)N[C@@H](CCCCN)C(=O)N[C@@H](CCCCN)C(N)=O. The fraction of sp³-hybridized carbons (Fsp3) is 0.563. The first-order chi connectivity index (χ1) is 64.5. The molecule has 1 aromatic heterocycles. The number of unbranched alkanes of at least 4 members (excludes halogenated alkanes) is 4. The van der Waals surface area contributed by atoms with E-state index in [4.69, 9.17) is 34.4 Å². The van der Waals surface area contributed by atoms with Gasteiger partial charge in [-0.2, -0.15) is 0 Å². The van der Waals surface area contributed by atoms with E-state index in [0.717, 1.165) is 5.39 Å². The van der Waals surface area contributed by atoms with Crippen LogP contribution in [0.15, 0.2) is 72.9 Å². The summed E-state index contributed by atoms with van der Waals surface area (Å²) in [5.41, 5.74) is 35.0. The fourth-order valence-corrected chi connectivity index (χ4v) is 13.8. The number of aliphatic carboxylic acids is 5. The van der Waals surface area contributed by atoms with E-state index < -0.39 is 293 Å². The number of hydrogen-bond acceptors (Lipinski definition) is 28. The Morgan fingerprint density at radius 3 is 1.12 bits per heavy atom. The Bertz CT molecular complexity index is 4730. The molecule has 49 nitrogen and oxygen atoms in total. The van der Waals surface area contributed by atoms with Gasteiger partial charge in [0.15, 0.2) is 0 Å². The molecule has 1 heterocycles. The van der Waals surface area contributed by atoms with E-state index in [2.05, 4.69) is 84.7 Å². The number of aromatic nitrogens is 3. The summed E-state index contributed by atoms with van der Waals surface area (Å²) in [7, 11) is 0. The minimum Gasteiger partial charge on any atom is -0.508 e. The second-order valence-corrected chi connectivity index (χ2v) is 32.8. The van der Waals surface area contributed by atoms with E-state index in [9.17, 15) is 122 Å². The van der Waals surface area contributed by atoms with E-state index >= 15 is 4.79 Å². The maximum Gasteiger partial charge on any atom is 0.303 e. The first-order valence-electron chi connectivity index (χ1n) is 44.9. The van der Waals surface area contributed by atoms with E-state index in [1.807, 2.05) is 12.1 Å². The lowest BCUT2D eigenvalue weighted by Gasteiger charge is -2.29. The number of amides is 15. The minimum absolute atomic E-state index is 0.0211. The average Bonchev–Trinajstić information content (AvgIpc) is 1.62. The van der Waals surface area contributed by atoms with Crippen molar-refractivity contribution in [1.29, 1.82) is 0 Å². The Morgan fingerprint density at radius 1 is 0.368 bits per heavy atom. The molecule has 0 spiro atoms. The zero-order valence-electron chi connectivity index (χ0n) is 76.5. The molecule has 750 valence electrons. The molecule has 0 saturated heterocycles. The van der Waals surface area contributed by atoms with Crippen molar-refractivity contribution in [2.45, 2.75) is 273 Å². The molecule has 0 fully saturated rings. The molecule has 4 rings (SSSR count). The van der Waals surface area contributed by atoms with Crippen LogP contribution in [0.5, 0.6) is 5.75 Å². The van der Waals surface area contributed by atoms with Gasteiger partial charge in [-0.3, -0.25) is 95.9 Å². The molecule has 15 atom stereocenters. The van der Waals surface area contributed by atoms with Gasteiger partial charge >= 0.3 is 29.8 Å². The summed E-state index contributed by atoms with van der Waals surface area (Å²) in [5.74, 6) is -24.5. The molecule has 0 aliphatic rings. The van der Waals surface area contributed by atoms with E-state index in [1.54, 1.807) is 37.3 Å². The Hall–Kier alpha value is -13.9. The molecule has 0 unspecified atom stereocenters. The van der Waals surface area contributed by atoms with Gasteiger partial charge in [-0.1, -0.05) is 74.0 Å². The molecule has 0 radical (unpaired) electrons. The van der Waals surface area contributed by atoms with Gasteiger partial charge in [-0.15, -0.1) is 5.10 Å². The average molecular weight is 1920 g/mol. The molecular formula is C87H131N23O26. The molecule has 15 amide bonds. The van der Waals surface area contributed by atoms with Gasteiger partial charge < -0.3 is 139 Å². The molecule has 0 bridgehead atoms. The van der Waals surface area contributed by atoms with Crippen molar-refractivity contribution in [3.05, 3.63) is 84.2 Å².